The van der Waals surface area contributed by atoms with E-state index in [0.29, 0.717) is 13.0 Å². The Bertz CT molecular complexity index is 649. The fourth-order valence-corrected chi connectivity index (χ4v) is 4.38. The van der Waals surface area contributed by atoms with E-state index >= 15 is 0 Å². The van der Waals surface area contributed by atoms with Gasteiger partial charge in [-0.1, -0.05) is 102 Å². The van der Waals surface area contributed by atoms with Crippen LogP contribution in [0.5, 0.6) is 0 Å². The highest BCUT2D eigenvalue weighted by Gasteiger charge is 2.23. The lowest BCUT2D eigenvalue weighted by molar-refractivity contribution is -0.136. The van der Waals surface area contributed by atoms with Gasteiger partial charge in [-0.3, -0.25) is 9.69 Å². The molecular formula is C27H43N3O. The molecule has 172 valence electrons. The minimum Gasteiger partial charge on any atom is -0.340 e. The molecule has 1 heterocycles. The molecule has 0 saturated carbocycles. The van der Waals surface area contributed by atoms with Crippen LogP contribution < -0.4 is 0 Å². The van der Waals surface area contributed by atoms with Crippen LogP contribution in [0.3, 0.4) is 0 Å². The summed E-state index contributed by atoms with van der Waals surface area (Å²) in [4.78, 5) is 16.8. The minimum absolute atomic E-state index is 0.274. The normalized spacial score (nSPS) is 14.7. The first-order valence-corrected chi connectivity index (χ1v) is 12.7. The van der Waals surface area contributed by atoms with Crippen molar-refractivity contribution in [3.63, 3.8) is 0 Å². The van der Waals surface area contributed by atoms with Crippen LogP contribution in [-0.4, -0.2) is 41.9 Å². The third-order valence-electron chi connectivity index (χ3n) is 6.39. The molecule has 1 fully saturated rings. The van der Waals surface area contributed by atoms with E-state index in [-0.39, 0.29) is 5.91 Å². The molecule has 0 bridgehead atoms. The Hall–Kier alpha value is -1.86. The van der Waals surface area contributed by atoms with E-state index in [0.717, 1.165) is 38.2 Å². The van der Waals surface area contributed by atoms with Gasteiger partial charge >= 0.3 is 0 Å². The fourth-order valence-electron chi connectivity index (χ4n) is 4.38. The van der Waals surface area contributed by atoms with Gasteiger partial charge in [-0.2, -0.15) is 5.26 Å². The van der Waals surface area contributed by atoms with Crippen molar-refractivity contribution in [2.75, 3.05) is 26.2 Å². The number of hydrogen-bond donors (Lipinski definition) is 0. The summed E-state index contributed by atoms with van der Waals surface area (Å²) in [5.74, 6) is 0.274. The molecule has 1 aliphatic rings. The first-order valence-electron chi connectivity index (χ1n) is 12.7. The summed E-state index contributed by atoms with van der Waals surface area (Å²) in [6.07, 6.45) is 16.7. The van der Waals surface area contributed by atoms with Crippen molar-refractivity contribution in [2.45, 2.75) is 96.9 Å². The average molecular weight is 426 g/mol. The molecule has 4 nitrogen and oxygen atoms in total. The van der Waals surface area contributed by atoms with Crippen LogP contribution in [0.25, 0.3) is 0 Å². The SMILES string of the molecule is CCCCCCCCCCCCCCN1CCN(Cc2ccc(CC#N)cc2)CC1=O. The highest BCUT2D eigenvalue weighted by Crippen LogP contribution is 2.14. The summed E-state index contributed by atoms with van der Waals surface area (Å²) in [5.41, 5.74) is 2.26. The van der Waals surface area contributed by atoms with Crippen LogP contribution >= 0.6 is 0 Å². The lowest BCUT2D eigenvalue weighted by Gasteiger charge is -2.34. The molecular weight excluding hydrogens is 382 g/mol. The third-order valence-corrected chi connectivity index (χ3v) is 6.39. The number of piperazine rings is 1. The molecule has 1 aromatic rings. The standard InChI is InChI=1S/C27H43N3O/c1-2-3-4-5-6-7-8-9-10-11-12-13-20-30-22-21-29(24-27(30)31)23-26-16-14-25(15-17-26)18-19-28/h14-17H,2-13,18,20-24H2,1H3. The third kappa shape index (κ3) is 10.8. The fraction of sp³-hybridized carbons (Fsp3) is 0.704. The van der Waals surface area contributed by atoms with Gasteiger partial charge < -0.3 is 4.90 Å². The maximum atomic E-state index is 12.5. The summed E-state index contributed by atoms with van der Waals surface area (Å²) in [7, 11) is 0. The van der Waals surface area contributed by atoms with Gasteiger partial charge in [0.25, 0.3) is 0 Å². The Kier molecular flexibility index (Phi) is 13.0. The van der Waals surface area contributed by atoms with Crippen LogP contribution in [0.1, 0.15) is 95.1 Å². The van der Waals surface area contributed by atoms with E-state index in [4.69, 9.17) is 5.26 Å². The van der Waals surface area contributed by atoms with Crippen molar-refractivity contribution >= 4 is 5.91 Å². The van der Waals surface area contributed by atoms with E-state index in [2.05, 4.69) is 34.9 Å². The predicted octanol–water partition coefficient (Wildman–Crippen LogP) is 6.10. The van der Waals surface area contributed by atoms with Crippen molar-refractivity contribution in [2.24, 2.45) is 0 Å². The number of carbonyl (C=O) groups is 1. The number of nitrogens with zero attached hydrogens (tertiary/aromatic N) is 3. The van der Waals surface area contributed by atoms with Crippen molar-refractivity contribution < 1.29 is 4.79 Å². The number of amides is 1. The molecule has 1 saturated heterocycles. The Morgan fingerprint density at radius 2 is 1.35 bits per heavy atom. The molecule has 1 aromatic carbocycles. The van der Waals surface area contributed by atoms with Gasteiger partial charge in [-0.15, -0.1) is 0 Å². The second-order valence-corrected chi connectivity index (χ2v) is 9.13. The number of carbonyl (C=O) groups excluding carboxylic acids is 1. The second kappa shape index (κ2) is 15.9. The number of nitriles is 1. The lowest BCUT2D eigenvalue weighted by Crippen LogP contribution is -2.50. The van der Waals surface area contributed by atoms with Crippen molar-refractivity contribution in [3.8, 4) is 6.07 Å². The first kappa shape index (κ1) is 25.4. The quantitative estimate of drug-likeness (QED) is 0.301. The Morgan fingerprint density at radius 1 is 0.806 bits per heavy atom. The highest BCUT2D eigenvalue weighted by molar-refractivity contribution is 5.79. The molecule has 0 atom stereocenters. The largest absolute Gasteiger partial charge is 0.340 e. The van der Waals surface area contributed by atoms with E-state index in [1.54, 1.807) is 0 Å². The molecule has 1 aliphatic heterocycles. The predicted molar refractivity (Wildman–Crippen MR) is 129 cm³/mol. The number of rotatable bonds is 16. The lowest BCUT2D eigenvalue weighted by atomic mass is 10.1. The summed E-state index contributed by atoms with van der Waals surface area (Å²) in [5, 5.41) is 8.77. The van der Waals surface area contributed by atoms with Gasteiger partial charge in [0.05, 0.1) is 19.0 Å². The zero-order chi connectivity index (χ0) is 22.2. The van der Waals surface area contributed by atoms with Crippen LogP contribution in [0.2, 0.25) is 0 Å². The molecule has 0 aromatic heterocycles. The molecule has 0 spiro atoms. The van der Waals surface area contributed by atoms with Crippen LogP contribution in [0, 0.1) is 11.3 Å². The topological polar surface area (TPSA) is 47.3 Å². The summed E-state index contributed by atoms with van der Waals surface area (Å²) < 4.78 is 0. The Balaban J connectivity index is 1.49. The van der Waals surface area contributed by atoms with Crippen molar-refractivity contribution in [1.82, 2.24) is 9.80 Å². The van der Waals surface area contributed by atoms with Crippen molar-refractivity contribution in [3.05, 3.63) is 35.4 Å². The second-order valence-electron chi connectivity index (χ2n) is 9.13. The van der Waals surface area contributed by atoms with Gasteiger partial charge in [-0.05, 0) is 17.5 Å². The number of hydrogen-bond acceptors (Lipinski definition) is 3. The average Bonchev–Trinajstić information content (AvgIpc) is 2.77. The maximum Gasteiger partial charge on any atom is 0.236 e. The Morgan fingerprint density at radius 3 is 1.90 bits per heavy atom. The van der Waals surface area contributed by atoms with Crippen LogP contribution in [0.15, 0.2) is 24.3 Å². The van der Waals surface area contributed by atoms with Gasteiger partial charge in [-0.25, -0.2) is 0 Å². The number of unbranched alkanes of at least 4 members (excludes halogenated alkanes) is 11. The number of benzene rings is 1. The van der Waals surface area contributed by atoms with E-state index in [1.165, 1.54) is 76.2 Å². The molecule has 0 N–H and O–H groups in total. The zero-order valence-electron chi connectivity index (χ0n) is 19.8. The van der Waals surface area contributed by atoms with Gasteiger partial charge in [0.15, 0.2) is 0 Å². The van der Waals surface area contributed by atoms with Gasteiger partial charge in [0, 0.05) is 26.2 Å². The van der Waals surface area contributed by atoms with Crippen LogP contribution in [0.4, 0.5) is 0 Å². The zero-order valence-corrected chi connectivity index (χ0v) is 19.8. The molecule has 4 heteroatoms. The molecule has 0 unspecified atom stereocenters. The van der Waals surface area contributed by atoms with Gasteiger partial charge in [0.2, 0.25) is 5.91 Å². The van der Waals surface area contributed by atoms with E-state index in [1.807, 2.05) is 12.1 Å². The van der Waals surface area contributed by atoms with Crippen LogP contribution in [-0.2, 0) is 17.8 Å². The highest BCUT2D eigenvalue weighted by atomic mass is 16.2. The monoisotopic (exact) mass is 425 g/mol. The smallest absolute Gasteiger partial charge is 0.236 e. The van der Waals surface area contributed by atoms with E-state index < -0.39 is 0 Å². The van der Waals surface area contributed by atoms with Gasteiger partial charge in [0.1, 0.15) is 0 Å². The molecule has 0 radical (unpaired) electrons. The Labute approximate surface area is 190 Å². The minimum atomic E-state index is 0.274. The molecule has 0 aliphatic carbocycles. The molecule has 2 rings (SSSR count). The summed E-state index contributed by atoms with van der Waals surface area (Å²) >= 11 is 0. The summed E-state index contributed by atoms with van der Waals surface area (Å²) in [6, 6.07) is 10.4. The summed E-state index contributed by atoms with van der Waals surface area (Å²) in [6.45, 7) is 6.33. The maximum absolute atomic E-state index is 12.5. The van der Waals surface area contributed by atoms with Crippen molar-refractivity contribution in [1.29, 1.82) is 5.26 Å². The first-order chi connectivity index (χ1) is 15.2. The van der Waals surface area contributed by atoms with E-state index in [9.17, 15) is 4.79 Å². The molecule has 1 amide bonds. The molecule has 31 heavy (non-hydrogen) atoms.